The summed E-state index contributed by atoms with van der Waals surface area (Å²) < 4.78 is 0. The summed E-state index contributed by atoms with van der Waals surface area (Å²) in [6.45, 7) is 3.77. The zero-order valence-electron chi connectivity index (χ0n) is 7.15. The predicted molar refractivity (Wildman–Crippen MR) is 51.0 cm³/mol. The number of allylic oxidation sites excluding steroid dienone is 1. The molecule has 1 aromatic heterocycles. The van der Waals surface area contributed by atoms with Gasteiger partial charge in [-0.25, -0.2) is 4.98 Å². The highest BCUT2D eigenvalue weighted by molar-refractivity contribution is 7.10. The van der Waals surface area contributed by atoms with Crippen LogP contribution in [0.1, 0.15) is 18.9 Å². The SMILES string of the molecule is CC(C)C(=O)/C=C/c1nccs1. The molecular formula is C9H11NOS. The molecule has 0 spiro atoms. The van der Waals surface area contributed by atoms with Crippen molar-refractivity contribution in [2.75, 3.05) is 0 Å². The van der Waals surface area contributed by atoms with Crippen molar-refractivity contribution in [2.24, 2.45) is 5.92 Å². The summed E-state index contributed by atoms with van der Waals surface area (Å²) in [4.78, 5) is 15.2. The summed E-state index contributed by atoms with van der Waals surface area (Å²) >= 11 is 1.53. The van der Waals surface area contributed by atoms with Crippen molar-refractivity contribution >= 4 is 23.2 Å². The van der Waals surface area contributed by atoms with Gasteiger partial charge in [-0.1, -0.05) is 13.8 Å². The summed E-state index contributed by atoms with van der Waals surface area (Å²) in [6.07, 6.45) is 5.07. The third kappa shape index (κ3) is 2.58. The molecule has 0 N–H and O–H groups in total. The molecule has 1 heterocycles. The summed E-state index contributed by atoms with van der Waals surface area (Å²) in [5.74, 6) is 0.214. The van der Waals surface area contributed by atoms with Gasteiger partial charge in [0.15, 0.2) is 5.78 Å². The highest BCUT2D eigenvalue weighted by Gasteiger charge is 2.01. The molecule has 0 atom stereocenters. The van der Waals surface area contributed by atoms with Crippen molar-refractivity contribution < 1.29 is 4.79 Å². The van der Waals surface area contributed by atoms with Crippen LogP contribution in [0.3, 0.4) is 0 Å². The van der Waals surface area contributed by atoms with Gasteiger partial charge in [-0.2, -0.15) is 0 Å². The molecule has 0 saturated heterocycles. The van der Waals surface area contributed by atoms with Crippen LogP contribution in [0.4, 0.5) is 0 Å². The second-order valence-electron chi connectivity index (χ2n) is 2.76. The van der Waals surface area contributed by atoms with Crippen molar-refractivity contribution in [3.63, 3.8) is 0 Å². The third-order valence-corrected chi connectivity index (χ3v) is 2.15. The Morgan fingerprint density at radius 3 is 2.92 bits per heavy atom. The first kappa shape index (κ1) is 9.13. The molecule has 1 rings (SSSR count). The van der Waals surface area contributed by atoms with Gasteiger partial charge in [-0.3, -0.25) is 4.79 Å². The fourth-order valence-corrected chi connectivity index (χ4v) is 1.19. The topological polar surface area (TPSA) is 30.0 Å². The van der Waals surface area contributed by atoms with Gasteiger partial charge in [0, 0.05) is 17.5 Å². The maximum atomic E-state index is 11.1. The zero-order chi connectivity index (χ0) is 8.97. The number of carbonyl (C=O) groups is 1. The van der Waals surface area contributed by atoms with E-state index >= 15 is 0 Å². The van der Waals surface area contributed by atoms with Gasteiger partial charge in [-0.05, 0) is 12.2 Å². The van der Waals surface area contributed by atoms with E-state index in [0.717, 1.165) is 5.01 Å². The van der Waals surface area contributed by atoms with Crippen molar-refractivity contribution in [3.05, 3.63) is 22.7 Å². The molecule has 0 saturated carbocycles. The van der Waals surface area contributed by atoms with Gasteiger partial charge in [0.1, 0.15) is 5.01 Å². The Morgan fingerprint density at radius 1 is 1.67 bits per heavy atom. The normalized spacial score (nSPS) is 11.2. The van der Waals surface area contributed by atoms with E-state index in [-0.39, 0.29) is 11.7 Å². The largest absolute Gasteiger partial charge is 0.295 e. The van der Waals surface area contributed by atoms with Crippen LogP contribution in [-0.4, -0.2) is 10.8 Å². The highest BCUT2D eigenvalue weighted by Crippen LogP contribution is 2.06. The third-order valence-electron chi connectivity index (χ3n) is 1.41. The number of nitrogens with zero attached hydrogens (tertiary/aromatic N) is 1. The number of ketones is 1. The van der Waals surface area contributed by atoms with Crippen molar-refractivity contribution in [1.82, 2.24) is 4.98 Å². The maximum absolute atomic E-state index is 11.1. The standard InChI is InChI=1S/C9H11NOS/c1-7(2)8(11)3-4-9-10-5-6-12-9/h3-7H,1-2H3/b4-3+. The van der Waals surface area contributed by atoms with Crippen LogP contribution in [0.5, 0.6) is 0 Å². The van der Waals surface area contributed by atoms with Crippen LogP contribution in [0.2, 0.25) is 0 Å². The maximum Gasteiger partial charge on any atom is 0.158 e. The minimum Gasteiger partial charge on any atom is -0.295 e. The van der Waals surface area contributed by atoms with Crippen LogP contribution in [-0.2, 0) is 4.79 Å². The Hall–Kier alpha value is -0.960. The Bertz CT molecular complexity index is 275. The van der Waals surface area contributed by atoms with Gasteiger partial charge in [0.25, 0.3) is 0 Å². The number of aromatic nitrogens is 1. The molecule has 1 aromatic rings. The van der Waals surface area contributed by atoms with Crippen LogP contribution >= 0.6 is 11.3 Å². The molecule has 64 valence electrons. The first-order valence-corrected chi connectivity index (χ1v) is 4.69. The molecular weight excluding hydrogens is 170 g/mol. The van der Waals surface area contributed by atoms with Crippen molar-refractivity contribution in [3.8, 4) is 0 Å². The zero-order valence-corrected chi connectivity index (χ0v) is 7.97. The summed E-state index contributed by atoms with van der Waals surface area (Å²) in [5, 5.41) is 2.77. The Morgan fingerprint density at radius 2 is 2.42 bits per heavy atom. The lowest BCUT2D eigenvalue weighted by Gasteiger charge is -1.94. The lowest BCUT2D eigenvalue weighted by Crippen LogP contribution is -2.01. The number of rotatable bonds is 3. The highest BCUT2D eigenvalue weighted by atomic mass is 32.1. The van der Waals surface area contributed by atoms with E-state index in [4.69, 9.17) is 0 Å². The van der Waals surface area contributed by atoms with E-state index in [1.807, 2.05) is 19.2 Å². The molecule has 0 amide bonds. The minimum atomic E-state index is 0.0706. The average Bonchev–Trinajstić information content (AvgIpc) is 2.51. The van der Waals surface area contributed by atoms with Gasteiger partial charge in [-0.15, -0.1) is 11.3 Å². The van der Waals surface area contributed by atoms with Gasteiger partial charge in [0.05, 0.1) is 0 Å². The monoisotopic (exact) mass is 181 g/mol. The average molecular weight is 181 g/mol. The Labute approximate surface area is 76.0 Å². The van der Waals surface area contributed by atoms with Gasteiger partial charge < -0.3 is 0 Å². The fraction of sp³-hybridized carbons (Fsp3) is 0.333. The lowest BCUT2D eigenvalue weighted by molar-refractivity contribution is -0.117. The number of carbonyl (C=O) groups excluding carboxylic acids is 1. The predicted octanol–water partition coefficient (Wildman–Crippen LogP) is 2.38. The number of hydrogen-bond donors (Lipinski definition) is 0. The molecule has 0 bridgehead atoms. The van der Waals surface area contributed by atoms with Crippen LogP contribution in [0, 0.1) is 5.92 Å². The molecule has 0 aliphatic heterocycles. The molecule has 0 aromatic carbocycles. The van der Waals surface area contributed by atoms with Crippen LogP contribution in [0.15, 0.2) is 17.7 Å². The van der Waals surface area contributed by atoms with E-state index in [1.54, 1.807) is 18.3 Å². The molecule has 0 aliphatic rings. The van der Waals surface area contributed by atoms with Crippen LogP contribution in [0.25, 0.3) is 6.08 Å². The quantitative estimate of drug-likeness (QED) is 0.670. The lowest BCUT2D eigenvalue weighted by atomic mass is 10.1. The number of hydrogen-bond acceptors (Lipinski definition) is 3. The molecule has 2 nitrogen and oxygen atoms in total. The first-order valence-electron chi connectivity index (χ1n) is 3.81. The molecule has 12 heavy (non-hydrogen) atoms. The van der Waals surface area contributed by atoms with E-state index in [0.29, 0.717) is 0 Å². The van der Waals surface area contributed by atoms with E-state index in [9.17, 15) is 4.79 Å². The van der Waals surface area contributed by atoms with Gasteiger partial charge in [0.2, 0.25) is 0 Å². The van der Waals surface area contributed by atoms with E-state index < -0.39 is 0 Å². The van der Waals surface area contributed by atoms with Crippen molar-refractivity contribution in [2.45, 2.75) is 13.8 Å². The Balaban J connectivity index is 2.57. The van der Waals surface area contributed by atoms with Crippen LogP contribution < -0.4 is 0 Å². The number of thiazole rings is 1. The summed E-state index contributed by atoms with van der Waals surface area (Å²) in [5.41, 5.74) is 0. The second-order valence-corrected chi connectivity index (χ2v) is 3.69. The van der Waals surface area contributed by atoms with Crippen molar-refractivity contribution in [1.29, 1.82) is 0 Å². The summed E-state index contributed by atoms with van der Waals surface area (Å²) in [6, 6.07) is 0. The molecule has 0 unspecified atom stereocenters. The van der Waals surface area contributed by atoms with E-state index in [2.05, 4.69) is 4.98 Å². The molecule has 0 aliphatic carbocycles. The van der Waals surface area contributed by atoms with Gasteiger partial charge >= 0.3 is 0 Å². The minimum absolute atomic E-state index is 0.0706. The smallest absolute Gasteiger partial charge is 0.158 e. The van der Waals surface area contributed by atoms with E-state index in [1.165, 1.54) is 11.3 Å². The Kier molecular flexibility index (Phi) is 3.17. The first-order chi connectivity index (χ1) is 5.70. The second kappa shape index (κ2) is 4.16. The molecule has 3 heteroatoms. The molecule has 0 fully saturated rings. The fourth-order valence-electron chi connectivity index (χ4n) is 0.663. The summed E-state index contributed by atoms with van der Waals surface area (Å²) in [7, 11) is 0. The molecule has 0 radical (unpaired) electrons.